The van der Waals surface area contributed by atoms with Crippen LogP contribution in [0.3, 0.4) is 0 Å². The molecule has 0 spiro atoms. The van der Waals surface area contributed by atoms with E-state index in [9.17, 15) is 18.0 Å². The van der Waals surface area contributed by atoms with Crippen molar-refractivity contribution in [3.05, 3.63) is 24.3 Å². The fourth-order valence-corrected chi connectivity index (χ4v) is 1.32. The van der Waals surface area contributed by atoms with Crippen LogP contribution in [0.2, 0.25) is 0 Å². The van der Waals surface area contributed by atoms with Gasteiger partial charge in [0.05, 0.1) is 5.25 Å². The minimum Gasteiger partial charge on any atom is -0.406 e. The Balaban J connectivity index is 2.65. The molecule has 1 rings (SSSR count). The number of halogens is 3. The van der Waals surface area contributed by atoms with Crippen LogP contribution in [0.4, 0.5) is 18.9 Å². The highest BCUT2D eigenvalue weighted by Crippen LogP contribution is 2.24. The number of ether oxygens (including phenoxy) is 1. The molecule has 0 saturated carbocycles. The van der Waals surface area contributed by atoms with Crippen LogP contribution >= 0.6 is 12.6 Å². The molecular weight excluding hydrogens is 279 g/mol. The van der Waals surface area contributed by atoms with Gasteiger partial charge in [-0.1, -0.05) is 13.8 Å². The van der Waals surface area contributed by atoms with E-state index < -0.39 is 11.6 Å². The Labute approximate surface area is 114 Å². The molecule has 1 aromatic carbocycles. The maximum absolute atomic E-state index is 11.9. The third-order valence-electron chi connectivity index (χ3n) is 2.26. The molecule has 0 aromatic heterocycles. The van der Waals surface area contributed by atoms with Crippen molar-refractivity contribution in [2.24, 2.45) is 5.92 Å². The van der Waals surface area contributed by atoms with E-state index in [1.165, 1.54) is 12.1 Å². The number of hydrogen-bond donors (Lipinski definition) is 2. The smallest absolute Gasteiger partial charge is 0.406 e. The number of carbonyl (C=O) groups is 1. The average molecular weight is 293 g/mol. The molecule has 1 atom stereocenters. The summed E-state index contributed by atoms with van der Waals surface area (Å²) >= 11 is 4.14. The molecule has 0 radical (unpaired) electrons. The summed E-state index contributed by atoms with van der Waals surface area (Å²) in [5.74, 6) is -0.587. The van der Waals surface area contributed by atoms with Crippen molar-refractivity contribution in [1.29, 1.82) is 0 Å². The van der Waals surface area contributed by atoms with E-state index >= 15 is 0 Å². The minimum atomic E-state index is -4.72. The molecule has 1 unspecified atom stereocenters. The Morgan fingerprint density at radius 2 is 1.79 bits per heavy atom. The lowest BCUT2D eigenvalue weighted by molar-refractivity contribution is -0.274. The minimum absolute atomic E-state index is 0.0520. The van der Waals surface area contributed by atoms with Crippen LogP contribution < -0.4 is 10.1 Å². The first-order valence-corrected chi connectivity index (χ1v) is 6.05. The Morgan fingerprint density at radius 1 is 1.26 bits per heavy atom. The average Bonchev–Trinajstić information content (AvgIpc) is 2.28. The molecule has 3 nitrogen and oxygen atoms in total. The molecule has 7 heteroatoms. The first-order valence-electron chi connectivity index (χ1n) is 5.54. The maximum atomic E-state index is 11.9. The van der Waals surface area contributed by atoms with Gasteiger partial charge in [-0.25, -0.2) is 0 Å². The van der Waals surface area contributed by atoms with E-state index in [1.807, 2.05) is 13.8 Å². The highest BCUT2D eigenvalue weighted by Gasteiger charge is 2.31. The predicted octanol–water partition coefficient (Wildman–Crippen LogP) is 3.48. The van der Waals surface area contributed by atoms with Crippen molar-refractivity contribution < 1.29 is 22.7 Å². The standard InChI is InChI=1S/C12H14F3NO2S/c1-7(2)10(19)11(17)16-8-3-5-9(6-4-8)18-12(13,14)15/h3-7,10,19H,1-2H3,(H,16,17). The largest absolute Gasteiger partial charge is 0.573 e. The molecule has 1 amide bonds. The third-order valence-corrected chi connectivity index (χ3v) is 3.09. The Morgan fingerprint density at radius 3 is 2.21 bits per heavy atom. The maximum Gasteiger partial charge on any atom is 0.573 e. The molecule has 0 saturated heterocycles. The molecule has 0 aliphatic carbocycles. The summed E-state index contributed by atoms with van der Waals surface area (Å²) in [6.07, 6.45) is -4.72. The Kier molecular flexibility index (Phi) is 5.11. The van der Waals surface area contributed by atoms with Crippen molar-refractivity contribution in [1.82, 2.24) is 0 Å². The summed E-state index contributed by atoms with van der Waals surface area (Å²) in [5, 5.41) is 2.08. The molecule has 0 aliphatic heterocycles. The zero-order valence-electron chi connectivity index (χ0n) is 10.4. The van der Waals surface area contributed by atoms with E-state index in [2.05, 4.69) is 22.7 Å². The molecule has 106 valence electrons. The molecule has 0 bridgehead atoms. The Bertz CT molecular complexity index is 432. The lowest BCUT2D eigenvalue weighted by Crippen LogP contribution is -2.27. The third kappa shape index (κ3) is 5.42. The number of hydrogen-bond acceptors (Lipinski definition) is 3. The fourth-order valence-electron chi connectivity index (χ4n) is 1.26. The van der Waals surface area contributed by atoms with Crippen LogP contribution in [0.1, 0.15) is 13.8 Å². The predicted molar refractivity (Wildman–Crippen MR) is 69.4 cm³/mol. The molecule has 1 aromatic rings. The van der Waals surface area contributed by atoms with Crippen LogP contribution in [0.5, 0.6) is 5.75 Å². The van der Waals surface area contributed by atoms with Crippen LogP contribution in [-0.2, 0) is 4.79 Å². The van der Waals surface area contributed by atoms with E-state index in [1.54, 1.807) is 0 Å². The lowest BCUT2D eigenvalue weighted by Gasteiger charge is -2.15. The second-order valence-corrected chi connectivity index (χ2v) is 4.81. The van der Waals surface area contributed by atoms with Crippen molar-refractivity contribution in [2.75, 3.05) is 5.32 Å². The van der Waals surface area contributed by atoms with Gasteiger partial charge in [-0.05, 0) is 30.2 Å². The van der Waals surface area contributed by atoms with Gasteiger partial charge < -0.3 is 10.1 Å². The van der Waals surface area contributed by atoms with Crippen molar-refractivity contribution in [2.45, 2.75) is 25.5 Å². The number of amides is 1. The molecule has 0 heterocycles. The highest BCUT2D eigenvalue weighted by atomic mass is 32.1. The fraction of sp³-hybridized carbons (Fsp3) is 0.417. The second kappa shape index (κ2) is 6.18. The topological polar surface area (TPSA) is 38.3 Å². The lowest BCUT2D eigenvalue weighted by atomic mass is 10.1. The molecule has 1 N–H and O–H groups in total. The first-order chi connectivity index (χ1) is 8.69. The highest BCUT2D eigenvalue weighted by molar-refractivity contribution is 7.81. The summed E-state index contributed by atoms with van der Waals surface area (Å²) in [6.45, 7) is 3.69. The summed E-state index contributed by atoms with van der Waals surface area (Å²) in [4.78, 5) is 11.7. The van der Waals surface area contributed by atoms with Gasteiger partial charge in [-0.3, -0.25) is 4.79 Å². The number of benzene rings is 1. The molecule has 19 heavy (non-hydrogen) atoms. The van der Waals surface area contributed by atoms with E-state index in [-0.39, 0.29) is 17.6 Å². The molecular formula is C12H14F3NO2S. The number of thiol groups is 1. The number of nitrogens with one attached hydrogen (secondary N) is 1. The van der Waals surface area contributed by atoms with Gasteiger partial charge in [0, 0.05) is 5.69 Å². The van der Waals surface area contributed by atoms with Crippen LogP contribution in [-0.4, -0.2) is 17.5 Å². The zero-order valence-corrected chi connectivity index (χ0v) is 11.3. The van der Waals surface area contributed by atoms with Gasteiger partial charge in [-0.15, -0.1) is 13.2 Å². The van der Waals surface area contributed by atoms with Crippen LogP contribution in [0.15, 0.2) is 24.3 Å². The Hall–Kier alpha value is -1.37. The SMILES string of the molecule is CC(C)C(S)C(=O)Nc1ccc(OC(F)(F)F)cc1. The van der Waals surface area contributed by atoms with Gasteiger partial charge in [0.25, 0.3) is 0 Å². The summed E-state index contributed by atoms with van der Waals surface area (Å²) in [7, 11) is 0. The second-order valence-electron chi connectivity index (χ2n) is 4.25. The number of anilines is 1. The normalized spacial score (nSPS) is 13.2. The van der Waals surface area contributed by atoms with Gasteiger partial charge in [0.2, 0.25) is 5.91 Å². The number of rotatable bonds is 4. The summed E-state index contributed by atoms with van der Waals surface area (Å²) in [6, 6.07) is 4.93. The van der Waals surface area contributed by atoms with E-state index in [4.69, 9.17) is 0 Å². The van der Waals surface area contributed by atoms with Gasteiger partial charge in [0.15, 0.2) is 0 Å². The van der Waals surface area contributed by atoms with Gasteiger partial charge in [-0.2, -0.15) is 12.6 Å². The van der Waals surface area contributed by atoms with Gasteiger partial charge >= 0.3 is 6.36 Å². The number of alkyl halides is 3. The van der Waals surface area contributed by atoms with Crippen molar-refractivity contribution in [3.8, 4) is 5.75 Å². The molecule has 0 fully saturated rings. The van der Waals surface area contributed by atoms with Gasteiger partial charge in [0.1, 0.15) is 5.75 Å². The first kappa shape index (κ1) is 15.7. The zero-order chi connectivity index (χ0) is 14.6. The van der Waals surface area contributed by atoms with Crippen molar-refractivity contribution in [3.63, 3.8) is 0 Å². The van der Waals surface area contributed by atoms with E-state index in [0.29, 0.717) is 5.69 Å². The molecule has 0 aliphatic rings. The van der Waals surface area contributed by atoms with Crippen LogP contribution in [0, 0.1) is 5.92 Å². The quantitative estimate of drug-likeness (QED) is 0.834. The monoisotopic (exact) mass is 293 g/mol. The van der Waals surface area contributed by atoms with Crippen LogP contribution in [0.25, 0.3) is 0 Å². The number of carbonyl (C=O) groups excluding carboxylic acids is 1. The summed E-state index contributed by atoms with van der Waals surface area (Å²) in [5.41, 5.74) is 0.388. The van der Waals surface area contributed by atoms with E-state index in [0.717, 1.165) is 12.1 Å². The summed E-state index contributed by atoms with van der Waals surface area (Å²) < 4.78 is 39.6. The van der Waals surface area contributed by atoms with Crippen molar-refractivity contribution >= 4 is 24.2 Å².